The topological polar surface area (TPSA) is 46.2 Å². The van der Waals surface area contributed by atoms with Crippen LogP contribution in [0.15, 0.2) is 48.5 Å². The minimum atomic E-state index is -0.185. The average molecular weight is 300 g/mol. The molecule has 0 unspecified atom stereocenters. The Kier molecular flexibility index (Phi) is 3.76. The van der Waals surface area contributed by atoms with E-state index in [2.05, 4.69) is 5.32 Å². The summed E-state index contributed by atoms with van der Waals surface area (Å²) in [5, 5.41) is 3.49. The lowest BCUT2D eigenvalue weighted by molar-refractivity contribution is 0.0939. The molecule has 1 fully saturated rings. The van der Waals surface area contributed by atoms with Gasteiger partial charge in [0.15, 0.2) is 5.78 Å². The zero-order chi connectivity index (χ0) is 14.8. The summed E-state index contributed by atoms with van der Waals surface area (Å²) in [5.41, 5.74) is 1.35. The average Bonchev–Trinajstić information content (AvgIpc) is 3.31. The van der Waals surface area contributed by atoms with Gasteiger partial charge in [0, 0.05) is 22.2 Å². The summed E-state index contributed by atoms with van der Waals surface area (Å²) in [7, 11) is 0. The van der Waals surface area contributed by atoms with E-state index < -0.39 is 0 Å². The quantitative estimate of drug-likeness (QED) is 0.879. The number of rotatable bonds is 4. The van der Waals surface area contributed by atoms with Crippen LogP contribution in [0.25, 0.3) is 0 Å². The van der Waals surface area contributed by atoms with Crippen LogP contribution in [0, 0.1) is 0 Å². The molecule has 1 saturated carbocycles. The van der Waals surface area contributed by atoms with Gasteiger partial charge in [-0.3, -0.25) is 9.59 Å². The molecule has 0 saturated heterocycles. The van der Waals surface area contributed by atoms with E-state index in [-0.39, 0.29) is 17.7 Å². The number of carbonyl (C=O) groups excluding carboxylic acids is 2. The lowest BCUT2D eigenvalue weighted by Crippen LogP contribution is -2.27. The van der Waals surface area contributed by atoms with Gasteiger partial charge in [-0.15, -0.1) is 0 Å². The Labute approximate surface area is 127 Å². The zero-order valence-electron chi connectivity index (χ0n) is 11.3. The van der Waals surface area contributed by atoms with E-state index in [0.717, 1.165) is 12.8 Å². The molecule has 1 N–H and O–H groups in total. The third kappa shape index (κ3) is 3.14. The van der Waals surface area contributed by atoms with Gasteiger partial charge in [0.05, 0.1) is 5.56 Å². The van der Waals surface area contributed by atoms with Gasteiger partial charge in [0.1, 0.15) is 0 Å². The van der Waals surface area contributed by atoms with Crippen molar-refractivity contribution in [3.8, 4) is 0 Å². The molecule has 2 aromatic rings. The van der Waals surface area contributed by atoms with Gasteiger partial charge in [-0.25, -0.2) is 0 Å². The predicted octanol–water partition coefficient (Wildman–Crippen LogP) is 3.46. The molecule has 3 nitrogen and oxygen atoms in total. The number of halogens is 1. The molecule has 106 valence electrons. The third-order valence-corrected chi connectivity index (χ3v) is 3.69. The summed E-state index contributed by atoms with van der Waals surface area (Å²) in [6, 6.07) is 13.8. The number of hydrogen-bond acceptors (Lipinski definition) is 2. The molecule has 3 rings (SSSR count). The maximum Gasteiger partial charge on any atom is 0.252 e. The number of ketones is 1. The van der Waals surface area contributed by atoms with Crippen LogP contribution < -0.4 is 5.32 Å². The third-order valence-electron chi connectivity index (χ3n) is 3.44. The number of benzene rings is 2. The first-order valence-electron chi connectivity index (χ1n) is 6.85. The molecule has 0 spiro atoms. The predicted molar refractivity (Wildman–Crippen MR) is 81.8 cm³/mol. The van der Waals surface area contributed by atoms with Crippen molar-refractivity contribution in [3.63, 3.8) is 0 Å². The number of nitrogens with one attached hydrogen (secondary N) is 1. The van der Waals surface area contributed by atoms with Gasteiger partial charge in [-0.1, -0.05) is 29.8 Å². The number of carbonyl (C=O) groups is 2. The summed E-state index contributed by atoms with van der Waals surface area (Å²) in [6.45, 7) is 0. The summed E-state index contributed by atoms with van der Waals surface area (Å²) in [5.74, 6) is -0.358. The van der Waals surface area contributed by atoms with Crippen LogP contribution in [0.4, 0.5) is 0 Å². The molecule has 0 radical (unpaired) electrons. The van der Waals surface area contributed by atoms with E-state index in [0.29, 0.717) is 21.7 Å². The molecule has 4 heteroatoms. The van der Waals surface area contributed by atoms with E-state index in [1.165, 1.54) is 0 Å². The highest BCUT2D eigenvalue weighted by Gasteiger charge is 2.26. The molecule has 0 bridgehead atoms. The SMILES string of the molecule is O=C(NC1CC1)c1ccccc1C(=O)c1ccc(Cl)cc1. The summed E-state index contributed by atoms with van der Waals surface area (Å²) < 4.78 is 0. The van der Waals surface area contributed by atoms with Crippen LogP contribution in [0.1, 0.15) is 39.1 Å². The minimum absolute atomic E-state index is 0.173. The van der Waals surface area contributed by atoms with Crippen LogP contribution >= 0.6 is 11.6 Å². The first-order chi connectivity index (χ1) is 10.1. The van der Waals surface area contributed by atoms with Gasteiger partial charge < -0.3 is 5.32 Å². The number of hydrogen-bond donors (Lipinski definition) is 1. The van der Waals surface area contributed by atoms with Crippen molar-refractivity contribution >= 4 is 23.3 Å². The van der Waals surface area contributed by atoms with E-state index in [4.69, 9.17) is 11.6 Å². The largest absolute Gasteiger partial charge is 0.349 e. The van der Waals surface area contributed by atoms with Crippen LogP contribution in [0.5, 0.6) is 0 Å². The van der Waals surface area contributed by atoms with Crippen molar-refractivity contribution in [1.82, 2.24) is 5.32 Å². The molecule has 0 aliphatic heterocycles. The van der Waals surface area contributed by atoms with Crippen molar-refractivity contribution < 1.29 is 9.59 Å². The smallest absolute Gasteiger partial charge is 0.252 e. The Balaban J connectivity index is 1.92. The zero-order valence-corrected chi connectivity index (χ0v) is 12.1. The van der Waals surface area contributed by atoms with Gasteiger partial charge in [0.2, 0.25) is 0 Å². The van der Waals surface area contributed by atoms with E-state index in [1.54, 1.807) is 48.5 Å². The molecular formula is C17H14ClNO2. The second-order valence-corrected chi connectivity index (χ2v) is 5.57. The van der Waals surface area contributed by atoms with Crippen molar-refractivity contribution in [2.45, 2.75) is 18.9 Å². The maximum absolute atomic E-state index is 12.6. The van der Waals surface area contributed by atoms with Crippen molar-refractivity contribution in [1.29, 1.82) is 0 Å². The molecule has 1 amide bonds. The van der Waals surface area contributed by atoms with Gasteiger partial charge >= 0.3 is 0 Å². The van der Waals surface area contributed by atoms with Gasteiger partial charge in [-0.05, 0) is 43.2 Å². The van der Waals surface area contributed by atoms with Crippen molar-refractivity contribution in [3.05, 3.63) is 70.2 Å². The Bertz CT molecular complexity index is 690. The Morgan fingerprint density at radius 3 is 2.19 bits per heavy atom. The van der Waals surface area contributed by atoms with Crippen molar-refractivity contribution in [2.24, 2.45) is 0 Å². The molecular weight excluding hydrogens is 286 g/mol. The summed E-state index contributed by atoms with van der Waals surface area (Å²) in [4.78, 5) is 24.8. The van der Waals surface area contributed by atoms with Gasteiger partial charge in [-0.2, -0.15) is 0 Å². The molecule has 0 heterocycles. The molecule has 0 aromatic heterocycles. The lowest BCUT2D eigenvalue weighted by atomic mass is 9.98. The maximum atomic E-state index is 12.6. The number of amides is 1. The van der Waals surface area contributed by atoms with E-state index in [1.807, 2.05) is 0 Å². The molecule has 0 atom stereocenters. The fourth-order valence-corrected chi connectivity index (χ4v) is 2.25. The first kappa shape index (κ1) is 13.8. The summed E-state index contributed by atoms with van der Waals surface area (Å²) in [6.07, 6.45) is 2.03. The molecule has 2 aromatic carbocycles. The van der Waals surface area contributed by atoms with Crippen LogP contribution in [-0.4, -0.2) is 17.7 Å². The second kappa shape index (κ2) is 5.70. The highest BCUT2D eigenvalue weighted by Crippen LogP contribution is 2.21. The second-order valence-electron chi connectivity index (χ2n) is 5.13. The molecule has 1 aliphatic carbocycles. The molecule has 21 heavy (non-hydrogen) atoms. The summed E-state index contributed by atoms with van der Waals surface area (Å²) >= 11 is 5.83. The Morgan fingerprint density at radius 1 is 0.952 bits per heavy atom. The van der Waals surface area contributed by atoms with Gasteiger partial charge in [0.25, 0.3) is 5.91 Å². The fraction of sp³-hybridized carbons (Fsp3) is 0.176. The van der Waals surface area contributed by atoms with Crippen molar-refractivity contribution in [2.75, 3.05) is 0 Å². The van der Waals surface area contributed by atoms with Crippen LogP contribution in [0.3, 0.4) is 0 Å². The normalized spacial score (nSPS) is 13.8. The van der Waals surface area contributed by atoms with Crippen LogP contribution in [-0.2, 0) is 0 Å². The Hall–Kier alpha value is -2.13. The minimum Gasteiger partial charge on any atom is -0.349 e. The van der Waals surface area contributed by atoms with E-state index in [9.17, 15) is 9.59 Å². The first-order valence-corrected chi connectivity index (χ1v) is 7.23. The standard InChI is InChI=1S/C17H14ClNO2/c18-12-7-5-11(6-8-12)16(20)14-3-1-2-4-15(14)17(21)19-13-9-10-13/h1-8,13H,9-10H2,(H,19,21). The monoisotopic (exact) mass is 299 g/mol. The molecule has 1 aliphatic rings. The Morgan fingerprint density at radius 2 is 1.57 bits per heavy atom. The highest BCUT2D eigenvalue weighted by atomic mass is 35.5. The lowest BCUT2D eigenvalue weighted by Gasteiger charge is -2.09. The highest BCUT2D eigenvalue weighted by molar-refractivity contribution is 6.30. The van der Waals surface area contributed by atoms with Crippen LogP contribution in [0.2, 0.25) is 5.02 Å². The van der Waals surface area contributed by atoms with E-state index >= 15 is 0 Å². The fourth-order valence-electron chi connectivity index (χ4n) is 2.13.